The van der Waals surface area contributed by atoms with Gasteiger partial charge in [0.2, 0.25) is 0 Å². The summed E-state index contributed by atoms with van der Waals surface area (Å²) < 4.78 is 0. The summed E-state index contributed by atoms with van der Waals surface area (Å²) in [4.78, 5) is 24.7. The smallest absolute Gasteiger partial charge is 0.269 e. The van der Waals surface area contributed by atoms with Gasteiger partial charge in [-0.2, -0.15) is 0 Å². The van der Waals surface area contributed by atoms with E-state index in [2.05, 4.69) is 0 Å². The molecule has 0 fully saturated rings. The molecule has 0 aliphatic heterocycles. The molecule has 7 heteroatoms. The Kier molecular flexibility index (Phi) is 6.23. The Hall–Kier alpha value is -2.02. The molecular weight excluding hydrogens is 290 g/mol. The highest BCUT2D eigenvalue weighted by Crippen LogP contribution is 2.16. The summed E-state index contributed by atoms with van der Waals surface area (Å²) >= 11 is 4.85. The first-order chi connectivity index (χ1) is 9.86. The van der Waals surface area contributed by atoms with Crippen LogP contribution in [0.1, 0.15) is 37.0 Å². The molecule has 1 rings (SSSR count). The molecule has 0 saturated carbocycles. The summed E-state index contributed by atoms with van der Waals surface area (Å²) in [6, 6.07) is 5.64. The van der Waals surface area contributed by atoms with E-state index in [0.29, 0.717) is 23.5 Å². The van der Waals surface area contributed by atoms with Crippen LogP contribution in [0.4, 0.5) is 5.69 Å². The van der Waals surface area contributed by atoms with Crippen LogP contribution in [-0.2, 0) is 0 Å². The van der Waals surface area contributed by atoms with Gasteiger partial charge in [-0.1, -0.05) is 19.1 Å². The molecule has 1 atom stereocenters. The molecule has 2 N–H and O–H groups in total. The lowest BCUT2D eigenvalue weighted by atomic mass is 10.1. The standard InChI is InChI=1S/C14H19N3O3S/c1-3-10(2)16(9-8-13(15)21)14(18)11-4-6-12(7-5-11)17(19)20/h4-7,10H,3,8-9H2,1-2H3,(H2,15,21). The van der Waals surface area contributed by atoms with Crippen molar-refractivity contribution in [3.8, 4) is 0 Å². The van der Waals surface area contributed by atoms with Gasteiger partial charge in [-0.15, -0.1) is 0 Å². The van der Waals surface area contributed by atoms with Gasteiger partial charge in [-0.3, -0.25) is 14.9 Å². The fourth-order valence-electron chi connectivity index (χ4n) is 1.86. The van der Waals surface area contributed by atoms with Crippen molar-refractivity contribution in [3.05, 3.63) is 39.9 Å². The van der Waals surface area contributed by atoms with Gasteiger partial charge in [0.1, 0.15) is 0 Å². The largest absolute Gasteiger partial charge is 0.393 e. The third-order valence-electron chi connectivity index (χ3n) is 3.31. The third-order valence-corrected chi connectivity index (χ3v) is 3.51. The number of carbonyl (C=O) groups is 1. The Labute approximate surface area is 129 Å². The second-order valence-electron chi connectivity index (χ2n) is 4.78. The highest BCUT2D eigenvalue weighted by atomic mass is 32.1. The summed E-state index contributed by atoms with van der Waals surface area (Å²) in [7, 11) is 0. The van der Waals surface area contributed by atoms with Gasteiger partial charge in [0.15, 0.2) is 0 Å². The molecule has 1 amide bonds. The third kappa shape index (κ3) is 4.78. The molecule has 0 bridgehead atoms. The van der Waals surface area contributed by atoms with E-state index in [1.165, 1.54) is 24.3 Å². The number of amides is 1. The van der Waals surface area contributed by atoms with Crippen LogP contribution in [0.5, 0.6) is 0 Å². The summed E-state index contributed by atoms with van der Waals surface area (Å²) in [5.74, 6) is -0.171. The predicted molar refractivity (Wildman–Crippen MR) is 85.3 cm³/mol. The number of carbonyl (C=O) groups excluding carboxylic acids is 1. The van der Waals surface area contributed by atoms with E-state index in [1.807, 2.05) is 13.8 Å². The molecule has 21 heavy (non-hydrogen) atoms. The second-order valence-corrected chi connectivity index (χ2v) is 5.30. The molecule has 0 aliphatic rings. The van der Waals surface area contributed by atoms with Crippen LogP contribution in [0.2, 0.25) is 0 Å². The molecule has 0 saturated heterocycles. The zero-order valence-corrected chi connectivity index (χ0v) is 12.9. The van der Waals surface area contributed by atoms with Crippen LogP contribution in [0.3, 0.4) is 0 Å². The maximum atomic E-state index is 12.5. The Morgan fingerprint density at radius 1 is 1.43 bits per heavy atom. The topological polar surface area (TPSA) is 89.5 Å². The Balaban J connectivity index is 2.93. The lowest BCUT2D eigenvalue weighted by Gasteiger charge is -2.28. The van der Waals surface area contributed by atoms with Crippen molar-refractivity contribution in [3.63, 3.8) is 0 Å². The van der Waals surface area contributed by atoms with Crippen LogP contribution in [-0.4, -0.2) is 33.3 Å². The first kappa shape index (κ1) is 17.0. The number of rotatable bonds is 7. The number of hydrogen-bond acceptors (Lipinski definition) is 4. The van der Waals surface area contributed by atoms with Crippen molar-refractivity contribution in [2.45, 2.75) is 32.7 Å². The summed E-state index contributed by atoms with van der Waals surface area (Å²) in [6.45, 7) is 4.38. The van der Waals surface area contributed by atoms with Gasteiger partial charge in [-0.25, -0.2) is 0 Å². The fraction of sp³-hybridized carbons (Fsp3) is 0.429. The van der Waals surface area contributed by atoms with E-state index >= 15 is 0 Å². The fourth-order valence-corrected chi connectivity index (χ4v) is 1.96. The minimum atomic E-state index is -0.493. The number of nitrogens with zero attached hydrogens (tertiary/aromatic N) is 2. The Morgan fingerprint density at radius 2 is 2.00 bits per heavy atom. The van der Waals surface area contributed by atoms with E-state index in [0.717, 1.165) is 6.42 Å². The summed E-state index contributed by atoms with van der Waals surface area (Å²) in [5, 5.41) is 10.6. The number of benzene rings is 1. The molecule has 0 spiro atoms. The minimum Gasteiger partial charge on any atom is -0.393 e. The maximum absolute atomic E-state index is 12.5. The van der Waals surface area contributed by atoms with Crippen LogP contribution >= 0.6 is 12.2 Å². The number of thiocarbonyl (C=S) groups is 1. The quantitative estimate of drug-likeness (QED) is 0.475. The highest BCUT2D eigenvalue weighted by molar-refractivity contribution is 7.80. The molecule has 0 radical (unpaired) electrons. The molecule has 0 heterocycles. The number of non-ortho nitro benzene ring substituents is 1. The summed E-state index contributed by atoms with van der Waals surface area (Å²) in [5.41, 5.74) is 5.88. The van der Waals surface area contributed by atoms with Crippen LogP contribution in [0.25, 0.3) is 0 Å². The van der Waals surface area contributed by atoms with Crippen molar-refractivity contribution >= 4 is 28.8 Å². The van der Waals surface area contributed by atoms with Crippen LogP contribution < -0.4 is 5.73 Å². The monoisotopic (exact) mass is 309 g/mol. The van der Waals surface area contributed by atoms with Gasteiger partial charge in [-0.05, 0) is 25.5 Å². The minimum absolute atomic E-state index is 0.0372. The first-order valence-corrected chi connectivity index (χ1v) is 7.11. The number of nitrogens with two attached hydrogens (primary N) is 1. The van der Waals surface area contributed by atoms with Gasteiger partial charge in [0.05, 0.1) is 9.91 Å². The molecule has 0 aliphatic carbocycles. The van der Waals surface area contributed by atoms with Gasteiger partial charge >= 0.3 is 0 Å². The average Bonchev–Trinajstić information content (AvgIpc) is 2.46. The van der Waals surface area contributed by atoms with E-state index in [4.69, 9.17) is 18.0 Å². The molecule has 1 aromatic rings. The number of nitro benzene ring substituents is 1. The Bertz CT molecular complexity index is 531. The van der Waals surface area contributed by atoms with Crippen LogP contribution in [0, 0.1) is 10.1 Å². The summed E-state index contributed by atoms with van der Waals surface area (Å²) in [6.07, 6.45) is 1.26. The predicted octanol–water partition coefficient (Wildman–Crippen LogP) is 2.51. The van der Waals surface area contributed by atoms with E-state index in [-0.39, 0.29) is 17.6 Å². The maximum Gasteiger partial charge on any atom is 0.269 e. The molecule has 1 unspecified atom stereocenters. The lowest BCUT2D eigenvalue weighted by molar-refractivity contribution is -0.384. The zero-order chi connectivity index (χ0) is 16.0. The van der Waals surface area contributed by atoms with Gasteiger partial charge in [0, 0.05) is 36.7 Å². The molecule has 0 aromatic heterocycles. The number of hydrogen-bond donors (Lipinski definition) is 1. The first-order valence-electron chi connectivity index (χ1n) is 6.70. The number of nitro groups is 1. The molecule has 6 nitrogen and oxygen atoms in total. The van der Waals surface area contributed by atoms with Crippen molar-refractivity contribution in [2.75, 3.05) is 6.54 Å². The molecule has 114 valence electrons. The van der Waals surface area contributed by atoms with E-state index < -0.39 is 4.92 Å². The van der Waals surface area contributed by atoms with Gasteiger partial charge in [0.25, 0.3) is 11.6 Å². The van der Waals surface area contributed by atoms with E-state index in [9.17, 15) is 14.9 Å². The van der Waals surface area contributed by atoms with Crippen molar-refractivity contribution in [2.24, 2.45) is 5.73 Å². The molecular formula is C14H19N3O3S. The van der Waals surface area contributed by atoms with Crippen molar-refractivity contribution < 1.29 is 9.72 Å². The van der Waals surface area contributed by atoms with E-state index in [1.54, 1.807) is 4.90 Å². The normalized spacial score (nSPS) is 11.7. The molecule has 1 aromatic carbocycles. The van der Waals surface area contributed by atoms with Crippen molar-refractivity contribution in [1.29, 1.82) is 0 Å². The average molecular weight is 309 g/mol. The van der Waals surface area contributed by atoms with Gasteiger partial charge < -0.3 is 10.6 Å². The lowest BCUT2D eigenvalue weighted by Crippen LogP contribution is -2.40. The Morgan fingerprint density at radius 3 is 2.43 bits per heavy atom. The SMILES string of the molecule is CCC(C)N(CCC(N)=S)C(=O)c1ccc([N+](=O)[O-])cc1. The second kappa shape index (κ2) is 7.68. The van der Waals surface area contributed by atoms with Crippen LogP contribution in [0.15, 0.2) is 24.3 Å². The zero-order valence-electron chi connectivity index (χ0n) is 12.1. The highest BCUT2D eigenvalue weighted by Gasteiger charge is 2.21. The van der Waals surface area contributed by atoms with Crippen molar-refractivity contribution in [1.82, 2.24) is 4.90 Å².